The maximum absolute atomic E-state index is 12.5. The first-order valence-electron chi connectivity index (χ1n) is 8.17. The SMILES string of the molecule is CCN1CCN(C(=O)NC(C(=O)N[CH]OC=O)c2ccccc2)C(=O)C1=O. The minimum atomic E-state index is -1.17. The Morgan fingerprint density at radius 3 is 2.52 bits per heavy atom. The summed E-state index contributed by atoms with van der Waals surface area (Å²) in [5.74, 6) is -2.42. The monoisotopic (exact) mass is 375 g/mol. The highest BCUT2D eigenvalue weighted by atomic mass is 16.5. The quantitative estimate of drug-likeness (QED) is 0.377. The second-order valence-corrected chi connectivity index (χ2v) is 5.49. The Morgan fingerprint density at radius 1 is 1.19 bits per heavy atom. The molecule has 0 aliphatic carbocycles. The fourth-order valence-corrected chi connectivity index (χ4v) is 2.52. The maximum Gasteiger partial charge on any atom is 0.325 e. The van der Waals surface area contributed by atoms with E-state index in [0.29, 0.717) is 12.1 Å². The van der Waals surface area contributed by atoms with Gasteiger partial charge in [0, 0.05) is 19.6 Å². The molecule has 10 heteroatoms. The van der Waals surface area contributed by atoms with Crippen LogP contribution in [0.5, 0.6) is 0 Å². The average Bonchev–Trinajstić information content (AvgIpc) is 2.68. The minimum absolute atomic E-state index is 0.0216. The summed E-state index contributed by atoms with van der Waals surface area (Å²) >= 11 is 0. The summed E-state index contributed by atoms with van der Waals surface area (Å²) in [5, 5.41) is 4.65. The summed E-state index contributed by atoms with van der Waals surface area (Å²) in [6, 6.07) is 6.24. The van der Waals surface area contributed by atoms with Crippen molar-refractivity contribution in [2.45, 2.75) is 13.0 Å². The first kappa shape index (κ1) is 19.9. The van der Waals surface area contributed by atoms with Gasteiger partial charge < -0.3 is 20.3 Å². The highest BCUT2D eigenvalue weighted by Crippen LogP contribution is 2.14. The molecule has 1 atom stereocenters. The Balaban J connectivity index is 2.13. The number of hydrogen-bond acceptors (Lipinski definition) is 6. The molecule has 27 heavy (non-hydrogen) atoms. The van der Waals surface area contributed by atoms with Crippen LogP contribution in [0.15, 0.2) is 30.3 Å². The van der Waals surface area contributed by atoms with Crippen molar-refractivity contribution < 1.29 is 28.7 Å². The van der Waals surface area contributed by atoms with Crippen molar-refractivity contribution in [3.63, 3.8) is 0 Å². The van der Waals surface area contributed by atoms with Crippen LogP contribution in [0.25, 0.3) is 0 Å². The molecule has 1 aromatic carbocycles. The van der Waals surface area contributed by atoms with E-state index in [-0.39, 0.29) is 19.6 Å². The Hall–Kier alpha value is -3.43. The van der Waals surface area contributed by atoms with E-state index in [0.717, 1.165) is 11.6 Å². The molecule has 0 spiro atoms. The molecule has 143 valence electrons. The van der Waals surface area contributed by atoms with Crippen LogP contribution in [0, 0.1) is 6.73 Å². The number of carbonyl (C=O) groups is 5. The van der Waals surface area contributed by atoms with E-state index in [9.17, 15) is 24.0 Å². The molecule has 1 heterocycles. The predicted molar refractivity (Wildman–Crippen MR) is 91.3 cm³/mol. The Kier molecular flexibility index (Phi) is 6.86. The largest absolute Gasteiger partial charge is 0.438 e. The molecule has 2 N–H and O–H groups in total. The molecule has 1 unspecified atom stereocenters. The molecule has 0 aromatic heterocycles. The lowest BCUT2D eigenvalue weighted by Crippen LogP contribution is -2.59. The second kappa shape index (κ2) is 9.32. The van der Waals surface area contributed by atoms with Crippen molar-refractivity contribution in [3.8, 4) is 0 Å². The van der Waals surface area contributed by atoms with Crippen molar-refractivity contribution in [2.24, 2.45) is 0 Å². The summed E-state index contributed by atoms with van der Waals surface area (Å²) in [6.45, 7) is 3.22. The summed E-state index contributed by atoms with van der Waals surface area (Å²) in [5.41, 5.74) is 0.439. The molecule has 2 rings (SSSR count). The number of nitrogens with one attached hydrogen (secondary N) is 2. The van der Waals surface area contributed by atoms with E-state index in [1.165, 1.54) is 4.90 Å². The molecule has 1 saturated heterocycles. The van der Waals surface area contributed by atoms with Crippen LogP contribution in [0.4, 0.5) is 4.79 Å². The molecule has 1 aromatic rings. The summed E-state index contributed by atoms with van der Waals surface area (Å²) in [6.07, 6.45) is 0. The number of carbonyl (C=O) groups excluding carboxylic acids is 5. The van der Waals surface area contributed by atoms with Crippen LogP contribution < -0.4 is 10.6 Å². The van der Waals surface area contributed by atoms with E-state index in [1.807, 2.05) is 0 Å². The van der Waals surface area contributed by atoms with Gasteiger partial charge in [-0.3, -0.25) is 24.1 Å². The fraction of sp³-hybridized carbons (Fsp3) is 0.294. The number of ether oxygens (including phenoxy) is 1. The molecule has 1 radical (unpaired) electrons. The summed E-state index contributed by atoms with van der Waals surface area (Å²) in [7, 11) is 0. The first-order chi connectivity index (χ1) is 13.0. The van der Waals surface area contributed by atoms with Crippen molar-refractivity contribution in [1.82, 2.24) is 20.4 Å². The van der Waals surface area contributed by atoms with Gasteiger partial charge in [0.25, 0.3) is 6.47 Å². The molecule has 0 saturated carbocycles. The summed E-state index contributed by atoms with van der Waals surface area (Å²) < 4.78 is 4.30. The van der Waals surface area contributed by atoms with Gasteiger partial charge in [0.1, 0.15) is 6.04 Å². The Bertz CT molecular complexity index is 723. The molecular weight excluding hydrogens is 356 g/mol. The van der Waals surface area contributed by atoms with Gasteiger partial charge in [-0.15, -0.1) is 0 Å². The highest BCUT2D eigenvalue weighted by molar-refractivity contribution is 6.38. The molecule has 1 aliphatic rings. The summed E-state index contributed by atoms with van der Waals surface area (Å²) in [4.78, 5) is 61.2. The van der Waals surface area contributed by atoms with Crippen molar-refractivity contribution >= 4 is 30.2 Å². The number of urea groups is 1. The van der Waals surface area contributed by atoms with E-state index in [2.05, 4.69) is 15.4 Å². The molecule has 1 fully saturated rings. The first-order valence-corrected chi connectivity index (χ1v) is 8.17. The van der Waals surface area contributed by atoms with Gasteiger partial charge in [-0.2, -0.15) is 0 Å². The van der Waals surface area contributed by atoms with Crippen LogP contribution in [-0.4, -0.2) is 59.7 Å². The zero-order valence-corrected chi connectivity index (χ0v) is 14.6. The van der Waals surface area contributed by atoms with Crippen molar-refractivity contribution in [1.29, 1.82) is 0 Å². The van der Waals surface area contributed by atoms with Gasteiger partial charge in [-0.1, -0.05) is 30.3 Å². The molecule has 0 bridgehead atoms. The van der Waals surface area contributed by atoms with Gasteiger partial charge in [-0.05, 0) is 12.5 Å². The number of nitrogens with zero attached hydrogens (tertiary/aromatic N) is 2. The molecule has 1 aliphatic heterocycles. The maximum atomic E-state index is 12.5. The highest BCUT2D eigenvalue weighted by Gasteiger charge is 2.37. The van der Waals surface area contributed by atoms with Crippen LogP contribution in [0.3, 0.4) is 0 Å². The zero-order chi connectivity index (χ0) is 19.8. The fourth-order valence-electron chi connectivity index (χ4n) is 2.52. The number of amides is 5. The number of imide groups is 1. The third kappa shape index (κ3) is 4.81. The smallest absolute Gasteiger partial charge is 0.325 e. The van der Waals surface area contributed by atoms with Crippen molar-refractivity contribution in [3.05, 3.63) is 42.6 Å². The number of rotatable bonds is 7. The molecule has 5 amide bonds. The van der Waals surface area contributed by atoms with Crippen LogP contribution in [0.1, 0.15) is 18.5 Å². The number of hydrogen-bond donors (Lipinski definition) is 2. The molecular formula is C17H19N4O6. The lowest BCUT2D eigenvalue weighted by Gasteiger charge is -2.32. The van der Waals surface area contributed by atoms with Gasteiger partial charge in [0.15, 0.2) is 0 Å². The average molecular weight is 375 g/mol. The Morgan fingerprint density at radius 2 is 1.89 bits per heavy atom. The Labute approximate surface area is 155 Å². The van der Waals surface area contributed by atoms with Gasteiger partial charge in [0.2, 0.25) is 12.6 Å². The molecule has 10 nitrogen and oxygen atoms in total. The van der Waals surface area contributed by atoms with E-state index < -0.39 is 29.8 Å². The minimum Gasteiger partial charge on any atom is -0.438 e. The zero-order valence-electron chi connectivity index (χ0n) is 14.6. The lowest BCUT2D eigenvalue weighted by molar-refractivity contribution is -0.153. The van der Waals surface area contributed by atoms with Gasteiger partial charge in [-0.25, -0.2) is 4.79 Å². The van der Waals surface area contributed by atoms with Gasteiger partial charge in [0.05, 0.1) is 0 Å². The van der Waals surface area contributed by atoms with Crippen LogP contribution >= 0.6 is 0 Å². The standard InChI is InChI=1S/C17H19N4O6/c1-2-20-8-9-21(16(25)15(20)24)17(26)19-13(12-6-4-3-5-7-12)14(23)18-10-27-11-22/h3-7,10-11,13H,2,8-9H2,1H3,(H,18,23)(H,19,26). The number of benzene rings is 1. The number of piperazine rings is 1. The second-order valence-electron chi connectivity index (χ2n) is 5.49. The topological polar surface area (TPSA) is 125 Å². The third-order valence-electron chi connectivity index (χ3n) is 3.92. The third-order valence-corrected chi connectivity index (χ3v) is 3.92. The van der Waals surface area contributed by atoms with E-state index >= 15 is 0 Å². The lowest BCUT2D eigenvalue weighted by atomic mass is 10.1. The number of likely N-dealkylation sites (N-methyl/N-ethyl adjacent to an activating group) is 1. The van der Waals surface area contributed by atoms with Crippen LogP contribution in [0.2, 0.25) is 0 Å². The van der Waals surface area contributed by atoms with E-state index in [1.54, 1.807) is 37.3 Å². The predicted octanol–water partition coefficient (Wildman–Crippen LogP) is -0.464. The van der Waals surface area contributed by atoms with Gasteiger partial charge >= 0.3 is 17.8 Å². The normalized spacial score (nSPS) is 15.1. The van der Waals surface area contributed by atoms with Crippen LogP contribution in [-0.2, 0) is 23.9 Å². The van der Waals surface area contributed by atoms with Crippen molar-refractivity contribution in [2.75, 3.05) is 19.6 Å². The van der Waals surface area contributed by atoms with E-state index in [4.69, 9.17) is 0 Å².